The summed E-state index contributed by atoms with van der Waals surface area (Å²) >= 11 is 1.66. The van der Waals surface area contributed by atoms with E-state index in [9.17, 15) is 9.59 Å². The zero-order chi connectivity index (χ0) is 17.7. The van der Waals surface area contributed by atoms with E-state index in [2.05, 4.69) is 0 Å². The molecule has 0 aliphatic carbocycles. The van der Waals surface area contributed by atoms with E-state index in [1.807, 2.05) is 0 Å². The molecule has 1 aliphatic heterocycles. The molecule has 1 N–H and O–H groups in total. The van der Waals surface area contributed by atoms with Gasteiger partial charge >= 0.3 is 5.97 Å². The van der Waals surface area contributed by atoms with Crippen LogP contribution in [0.4, 0.5) is 0 Å². The number of carbonyl (C=O) groups is 2. The fourth-order valence-electron chi connectivity index (χ4n) is 2.66. The summed E-state index contributed by atoms with van der Waals surface area (Å²) in [5.74, 6) is 1.44. The third-order valence-corrected chi connectivity index (χ3v) is 4.90. The molecule has 8 heteroatoms. The molecule has 7 nitrogen and oxygen atoms in total. The molecule has 0 radical (unpaired) electrons. The average Bonchev–Trinajstić information content (AvgIpc) is 2.59. The Morgan fingerprint density at radius 2 is 1.83 bits per heavy atom. The number of carboxylic acid groups (broad SMARTS) is 1. The molecule has 1 aliphatic rings. The minimum Gasteiger partial charge on any atom is -0.493 e. The SMILES string of the molecule is COc1cc(C(=O)N2CCSCC2CC(=O)O)cc(OC)c1OC. The Morgan fingerprint density at radius 3 is 2.33 bits per heavy atom. The highest BCUT2D eigenvalue weighted by atomic mass is 32.2. The van der Waals surface area contributed by atoms with Gasteiger partial charge in [-0.25, -0.2) is 0 Å². The normalized spacial score (nSPS) is 17.3. The Kier molecular flexibility index (Phi) is 6.19. The van der Waals surface area contributed by atoms with Gasteiger partial charge in [0.2, 0.25) is 5.75 Å². The maximum Gasteiger partial charge on any atom is 0.305 e. The topological polar surface area (TPSA) is 85.3 Å². The summed E-state index contributed by atoms with van der Waals surface area (Å²) in [6, 6.07) is 2.85. The van der Waals surface area contributed by atoms with E-state index in [4.69, 9.17) is 19.3 Å². The predicted octanol–water partition coefficient (Wildman–Crippen LogP) is 1.74. The van der Waals surface area contributed by atoms with Crippen LogP contribution in [0.1, 0.15) is 16.8 Å². The predicted molar refractivity (Wildman–Crippen MR) is 90.5 cm³/mol. The van der Waals surface area contributed by atoms with Gasteiger partial charge < -0.3 is 24.2 Å². The highest BCUT2D eigenvalue weighted by molar-refractivity contribution is 7.99. The zero-order valence-corrected chi connectivity index (χ0v) is 14.7. The van der Waals surface area contributed by atoms with Gasteiger partial charge in [-0.1, -0.05) is 0 Å². The lowest BCUT2D eigenvalue weighted by atomic mass is 10.1. The summed E-state index contributed by atoms with van der Waals surface area (Å²) < 4.78 is 15.8. The first-order valence-electron chi connectivity index (χ1n) is 7.42. The van der Waals surface area contributed by atoms with Gasteiger partial charge in [-0.05, 0) is 12.1 Å². The third kappa shape index (κ3) is 3.87. The number of nitrogens with zero attached hydrogens (tertiary/aromatic N) is 1. The van der Waals surface area contributed by atoms with Gasteiger partial charge in [-0.2, -0.15) is 11.8 Å². The standard InChI is InChI=1S/C16H21NO6S/c1-21-12-6-10(7-13(22-2)15(12)23-3)16(20)17-4-5-24-9-11(17)8-14(18)19/h6-7,11H,4-5,8-9H2,1-3H3,(H,18,19). The van der Waals surface area contributed by atoms with Crippen molar-refractivity contribution >= 4 is 23.6 Å². The lowest BCUT2D eigenvalue weighted by Crippen LogP contribution is -2.47. The van der Waals surface area contributed by atoms with Crippen LogP contribution in [0.15, 0.2) is 12.1 Å². The van der Waals surface area contributed by atoms with E-state index in [-0.39, 0.29) is 18.4 Å². The van der Waals surface area contributed by atoms with Crippen LogP contribution in [0.25, 0.3) is 0 Å². The smallest absolute Gasteiger partial charge is 0.305 e. The molecule has 1 fully saturated rings. The van der Waals surface area contributed by atoms with Gasteiger partial charge in [-0.3, -0.25) is 9.59 Å². The first-order chi connectivity index (χ1) is 11.5. The largest absolute Gasteiger partial charge is 0.493 e. The van der Waals surface area contributed by atoms with Gasteiger partial charge in [0.25, 0.3) is 5.91 Å². The second kappa shape index (κ2) is 8.14. The number of hydrogen-bond donors (Lipinski definition) is 1. The molecule has 1 heterocycles. The Hall–Kier alpha value is -2.09. The number of ether oxygens (including phenoxy) is 3. The molecule has 24 heavy (non-hydrogen) atoms. The molecule has 1 aromatic rings. The van der Waals surface area contributed by atoms with Crippen LogP contribution < -0.4 is 14.2 Å². The van der Waals surface area contributed by atoms with Crippen LogP contribution >= 0.6 is 11.8 Å². The molecule has 1 amide bonds. The van der Waals surface area contributed by atoms with Crippen molar-refractivity contribution in [3.05, 3.63) is 17.7 Å². The summed E-state index contributed by atoms with van der Waals surface area (Å²) in [5.41, 5.74) is 0.381. The second-order valence-electron chi connectivity index (χ2n) is 5.24. The second-order valence-corrected chi connectivity index (χ2v) is 6.39. The van der Waals surface area contributed by atoms with Gasteiger partial charge in [-0.15, -0.1) is 0 Å². The van der Waals surface area contributed by atoms with Crippen LogP contribution in [0, 0.1) is 0 Å². The summed E-state index contributed by atoms with van der Waals surface area (Å²) in [4.78, 5) is 25.6. The molecule has 132 valence electrons. The summed E-state index contributed by atoms with van der Waals surface area (Å²) in [5, 5.41) is 9.06. The molecule has 1 aromatic carbocycles. The summed E-state index contributed by atoms with van der Waals surface area (Å²) in [7, 11) is 4.46. The maximum atomic E-state index is 12.9. The number of aliphatic carboxylic acids is 1. The van der Waals surface area contributed by atoms with Crippen molar-refractivity contribution in [2.45, 2.75) is 12.5 Å². The number of carbonyl (C=O) groups excluding carboxylic acids is 1. The van der Waals surface area contributed by atoms with Gasteiger partial charge in [0.05, 0.1) is 33.8 Å². The van der Waals surface area contributed by atoms with Crippen LogP contribution in [-0.2, 0) is 4.79 Å². The fourth-order valence-corrected chi connectivity index (χ4v) is 3.73. The Labute approximate surface area is 144 Å². The van der Waals surface area contributed by atoms with Crippen LogP contribution in [0.2, 0.25) is 0 Å². The minimum atomic E-state index is -0.912. The van der Waals surface area contributed by atoms with Crippen molar-refractivity contribution in [3.63, 3.8) is 0 Å². The highest BCUT2D eigenvalue weighted by Gasteiger charge is 2.30. The van der Waals surface area contributed by atoms with Crippen molar-refractivity contribution < 1.29 is 28.9 Å². The molecule has 2 rings (SSSR count). The number of thioether (sulfide) groups is 1. The Bertz CT molecular complexity index is 596. The van der Waals surface area contributed by atoms with Crippen molar-refractivity contribution in [1.29, 1.82) is 0 Å². The summed E-state index contributed by atoms with van der Waals surface area (Å²) in [6.07, 6.45) is -0.0663. The molecule has 0 spiro atoms. The molecule has 1 unspecified atom stereocenters. The van der Waals surface area contributed by atoms with E-state index in [1.165, 1.54) is 21.3 Å². The number of carboxylic acids is 1. The van der Waals surface area contributed by atoms with Gasteiger partial charge in [0.1, 0.15) is 0 Å². The molecular weight excluding hydrogens is 334 g/mol. The lowest BCUT2D eigenvalue weighted by Gasteiger charge is -2.34. The fraction of sp³-hybridized carbons (Fsp3) is 0.500. The molecular formula is C16H21NO6S. The maximum absolute atomic E-state index is 12.9. The minimum absolute atomic E-state index is 0.0663. The zero-order valence-electron chi connectivity index (χ0n) is 13.9. The van der Waals surface area contributed by atoms with Crippen LogP contribution in [0.5, 0.6) is 17.2 Å². The molecule has 1 atom stereocenters. The van der Waals surface area contributed by atoms with Crippen molar-refractivity contribution in [2.75, 3.05) is 39.4 Å². The summed E-state index contributed by atoms with van der Waals surface area (Å²) in [6.45, 7) is 0.512. The quantitative estimate of drug-likeness (QED) is 0.832. The molecule has 0 bridgehead atoms. The van der Waals surface area contributed by atoms with E-state index in [0.29, 0.717) is 35.1 Å². The Morgan fingerprint density at radius 1 is 1.21 bits per heavy atom. The third-order valence-electron chi connectivity index (χ3n) is 3.81. The van der Waals surface area contributed by atoms with Crippen molar-refractivity contribution in [2.24, 2.45) is 0 Å². The molecule has 1 saturated heterocycles. The van der Waals surface area contributed by atoms with E-state index < -0.39 is 5.97 Å². The van der Waals surface area contributed by atoms with Crippen LogP contribution in [-0.4, -0.2) is 67.3 Å². The lowest BCUT2D eigenvalue weighted by molar-refractivity contribution is -0.138. The number of methoxy groups -OCH3 is 3. The van der Waals surface area contributed by atoms with Crippen molar-refractivity contribution in [1.82, 2.24) is 4.90 Å². The number of hydrogen-bond acceptors (Lipinski definition) is 6. The Balaban J connectivity index is 2.35. The molecule has 0 aromatic heterocycles. The first kappa shape index (κ1) is 18.3. The van der Waals surface area contributed by atoms with E-state index in [1.54, 1.807) is 28.8 Å². The van der Waals surface area contributed by atoms with Crippen molar-refractivity contribution in [3.8, 4) is 17.2 Å². The van der Waals surface area contributed by atoms with E-state index in [0.717, 1.165) is 5.75 Å². The van der Waals surface area contributed by atoms with Crippen LogP contribution in [0.3, 0.4) is 0 Å². The number of rotatable bonds is 6. The first-order valence-corrected chi connectivity index (χ1v) is 8.57. The monoisotopic (exact) mass is 355 g/mol. The number of amides is 1. The number of benzene rings is 1. The highest BCUT2D eigenvalue weighted by Crippen LogP contribution is 2.38. The average molecular weight is 355 g/mol. The van der Waals surface area contributed by atoms with E-state index >= 15 is 0 Å². The molecule has 0 saturated carbocycles. The van der Waals surface area contributed by atoms with Gasteiger partial charge in [0, 0.05) is 23.6 Å². The van der Waals surface area contributed by atoms with Gasteiger partial charge in [0.15, 0.2) is 11.5 Å².